The fourth-order valence-electron chi connectivity index (χ4n) is 0.823. The van der Waals surface area contributed by atoms with Crippen molar-refractivity contribution in [2.24, 2.45) is 0 Å². The molecule has 0 fully saturated rings. The summed E-state index contributed by atoms with van der Waals surface area (Å²) >= 11 is 5.71. The van der Waals surface area contributed by atoms with Gasteiger partial charge in [-0.25, -0.2) is 0 Å². The van der Waals surface area contributed by atoms with Gasteiger partial charge in [0.05, 0.1) is 6.61 Å². The van der Waals surface area contributed by atoms with Crippen LogP contribution in [0.2, 0.25) is 5.02 Å². The van der Waals surface area contributed by atoms with Crippen molar-refractivity contribution in [3.8, 4) is 5.75 Å². The van der Waals surface area contributed by atoms with E-state index >= 15 is 0 Å². The molecule has 1 aromatic carbocycles. The van der Waals surface area contributed by atoms with E-state index < -0.39 is 0 Å². The van der Waals surface area contributed by atoms with Crippen molar-refractivity contribution in [3.05, 3.63) is 36.2 Å². The van der Waals surface area contributed by atoms with Crippen LogP contribution in [0.25, 0.3) is 0 Å². The van der Waals surface area contributed by atoms with Crippen LogP contribution in [0, 0.1) is 6.92 Å². The summed E-state index contributed by atoms with van der Waals surface area (Å²) in [5.74, 6) is 0.868. The smallest absolute Gasteiger partial charge is 1.00 e. The van der Waals surface area contributed by atoms with E-state index in [1.165, 1.54) is 0 Å². The molecule has 0 aliphatic rings. The van der Waals surface area contributed by atoms with Gasteiger partial charge < -0.3 is 28.6 Å². The van der Waals surface area contributed by atoms with Crippen LogP contribution in [0.3, 0.4) is 0 Å². The molecule has 1 aromatic rings. The van der Waals surface area contributed by atoms with E-state index in [9.17, 15) is 0 Å². The number of hydrogen-bond acceptors (Lipinski definition) is 1. The Kier molecular flexibility index (Phi) is 12.2. The van der Waals surface area contributed by atoms with Gasteiger partial charge in [0, 0.05) is 5.02 Å². The van der Waals surface area contributed by atoms with E-state index in [4.69, 9.17) is 16.3 Å². The monoisotopic (exact) mass is 286 g/mol. The topological polar surface area (TPSA) is 9.23 Å². The van der Waals surface area contributed by atoms with E-state index in [0.29, 0.717) is 0 Å². The van der Waals surface area contributed by atoms with Gasteiger partial charge in [-0.2, -0.15) is 6.42 Å². The summed E-state index contributed by atoms with van der Waals surface area (Å²) in [7, 11) is 0. The van der Waals surface area contributed by atoms with E-state index in [0.717, 1.165) is 30.2 Å². The number of rotatable bonds is 4. The second-order valence-electron chi connectivity index (χ2n) is 2.51. The van der Waals surface area contributed by atoms with Gasteiger partial charge in [0.2, 0.25) is 0 Å². The molecule has 0 heterocycles. The van der Waals surface area contributed by atoms with E-state index in [1.54, 1.807) is 0 Å². The van der Waals surface area contributed by atoms with Crippen molar-refractivity contribution in [2.45, 2.75) is 12.8 Å². The molecular formula is C10H12BrClMgO. The molecule has 0 bridgehead atoms. The Bertz CT molecular complexity index is 228. The molecule has 0 radical (unpaired) electrons. The predicted molar refractivity (Wildman–Crippen MR) is 57.3 cm³/mol. The maximum atomic E-state index is 5.71. The van der Waals surface area contributed by atoms with Crippen LogP contribution < -0.4 is 21.7 Å². The third kappa shape index (κ3) is 6.93. The van der Waals surface area contributed by atoms with E-state index in [2.05, 4.69) is 6.92 Å². The van der Waals surface area contributed by atoms with Crippen LogP contribution in [0.15, 0.2) is 24.3 Å². The average Bonchev–Trinajstić information content (AvgIpc) is 2.09. The first-order valence-electron chi connectivity index (χ1n) is 4.00. The Morgan fingerprint density at radius 2 is 1.79 bits per heavy atom. The Morgan fingerprint density at radius 3 is 2.29 bits per heavy atom. The minimum Gasteiger partial charge on any atom is -1.00 e. The molecule has 0 aliphatic heterocycles. The zero-order chi connectivity index (χ0) is 8.81. The van der Waals surface area contributed by atoms with Gasteiger partial charge in [-0.15, -0.1) is 0 Å². The van der Waals surface area contributed by atoms with E-state index in [1.807, 2.05) is 24.3 Å². The first-order chi connectivity index (χ1) is 5.83. The number of benzene rings is 1. The molecule has 1 nitrogen and oxygen atoms in total. The predicted octanol–water partition coefficient (Wildman–Crippen LogP) is -0.0437. The standard InChI is InChI=1S/C10H12ClO.BrH.Mg/c1-2-3-8-12-10-6-4-9(11)5-7-10;;/h4-7H,1-3,8H2;1H;/q-1;;+2/p-1. The first-order valence-corrected chi connectivity index (χ1v) is 4.38. The van der Waals surface area contributed by atoms with Gasteiger partial charge in [-0.05, 0) is 30.7 Å². The minimum atomic E-state index is 0. The molecule has 0 N–H and O–H groups in total. The third-order valence-corrected chi connectivity index (χ3v) is 1.73. The Labute approximate surface area is 117 Å². The summed E-state index contributed by atoms with van der Waals surface area (Å²) in [6.07, 6.45) is 1.90. The van der Waals surface area contributed by atoms with Crippen molar-refractivity contribution >= 4 is 34.7 Å². The Morgan fingerprint density at radius 1 is 1.21 bits per heavy atom. The second kappa shape index (κ2) is 10.1. The van der Waals surface area contributed by atoms with Crippen LogP contribution in [-0.2, 0) is 0 Å². The minimum absolute atomic E-state index is 0. The fraction of sp³-hybridized carbons (Fsp3) is 0.300. The first kappa shape index (κ1) is 17.0. The number of ether oxygens (including phenoxy) is 1. The molecule has 0 amide bonds. The molecule has 74 valence electrons. The van der Waals surface area contributed by atoms with Crippen LogP contribution in [0.5, 0.6) is 5.75 Å². The zero-order valence-electron chi connectivity index (χ0n) is 8.01. The molecule has 0 saturated heterocycles. The molecule has 0 unspecified atom stereocenters. The van der Waals surface area contributed by atoms with Gasteiger partial charge in [0.15, 0.2) is 0 Å². The summed E-state index contributed by atoms with van der Waals surface area (Å²) in [5.41, 5.74) is 0. The van der Waals surface area contributed by atoms with Gasteiger partial charge in [-0.1, -0.05) is 11.6 Å². The van der Waals surface area contributed by atoms with Crippen LogP contribution in [0.1, 0.15) is 12.8 Å². The molecular weight excluding hydrogens is 276 g/mol. The maximum Gasteiger partial charge on any atom is 2.00 e. The normalized spacial score (nSPS) is 8.43. The van der Waals surface area contributed by atoms with Crippen molar-refractivity contribution in [3.63, 3.8) is 0 Å². The quantitative estimate of drug-likeness (QED) is 0.429. The van der Waals surface area contributed by atoms with Crippen molar-refractivity contribution in [2.75, 3.05) is 6.61 Å². The maximum absolute atomic E-state index is 5.71. The van der Waals surface area contributed by atoms with E-state index in [-0.39, 0.29) is 40.0 Å². The summed E-state index contributed by atoms with van der Waals surface area (Å²) in [4.78, 5) is 0. The summed E-state index contributed by atoms with van der Waals surface area (Å²) < 4.78 is 5.40. The Hall–Kier alpha value is 0.556. The average molecular weight is 288 g/mol. The second-order valence-corrected chi connectivity index (χ2v) is 2.95. The molecule has 14 heavy (non-hydrogen) atoms. The van der Waals surface area contributed by atoms with Crippen LogP contribution in [0.4, 0.5) is 0 Å². The largest absolute Gasteiger partial charge is 2.00 e. The van der Waals surface area contributed by atoms with Crippen LogP contribution >= 0.6 is 11.6 Å². The van der Waals surface area contributed by atoms with Crippen molar-refractivity contribution < 1.29 is 21.7 Å². The molecule has 1 rings (SSSR count). The molecule has 0 aliphatic carbocycles. The summed E-state index contributed by atoms with van der Waals surface area (Å²) in [6.45, 7) is 4.46. The molecule has 0 spiro atoms. The third-order valence-electron chi connectivity index (χ3n) is 1.48. The molecule has 0 atom stereocenters. The molecule has 0 saturated carbocycles. The summed E-state index contributed by atoms with van der Waals surface area (Å²) in [6, 6.07) is 7.37. The summed E-state index contributed by atoms with van der Waals surface area (Å²) in [5, 5.41) is 0.736. The van der Waals surface area contributed by atoms with Gasteiger partial charge in [0.25, 0.3) is 0 Å². The fourth-order valence-corrected chi connectivity index (χ4v) is 0.949. The molecule has 4 heteroatoms. The number of unbranched alkanes of at least 4 members (excludes halogenated alkanes) is 1. The number of halogens is 2. The van der Waals surface area contributed by atoms with Gasteiger partial charge in [-0.3, -0.25) is 0 Å². The van der Waals surface area contributed by atoms with Crippen LogP contribution in [-0.4, -0.2) is 29.7 Å². The zero-order valence-corrected chi connectivity index (χ0v) is 11.8. The van der Waals surface area contributed by atoms with Crippen molar-refractivity contribution in [1.29, 1.82) is 0 Å². The Balaban J connectivity index is 0. The number of hydrogen-bond donors (Lipinski definition) is 0. The van der Waals surface area contributed by atoms with Crippen molar-refractivity contribution in [1.82, 2.24) is 0 Å². The SMILES string of the molecule is [Br-].[CH2-]CCCOc1ccc(Cl)cc1.[Mg+2]. The molecule has 0 aromatic heterocycles. The van der Waals surface area contributed by atoms with Gasteiger partial charge in [0.1, 0.15) is 5.75 Å². The van der Waals surface area contributed by atoms with Gasteiger partial charge >= 0.3 is 23.1 Å².